The van der Waals surface area contributed by atoms with Crippen LogP contribution < -0.4 is 4.90 Å². The molecule has 9 nitrogen and oxygen atoms in total. The number of ether oxygens (including phenoxy) is 1. The van der Waals surface area contributed by atoms with Crippen LogP contribution in [0.25, 0.3) is 0 Å². The lowest BCUT2D eigenvalue weighted by molar-refractivity contribution is -0.132. The molecule has 0 N–H and O–H groups in total. The Morgan fingerprint density at radius 1 is 0.922 bits per heavy atom. The molecule has 0 unspecified atom stereocenters. The van der Waals surface area contributed by atoms with Crippen LogP contribution in [-0.2, 0) is 20.7 Å². The van der Waals surface area contributed by atoms with Gasteiger partial charge in [0.15, 0.2) is 17.2 Å². The predicted octanol–water partition coefficient (Wildman–Crippen LogP) is 8.46. The van der Waals surface area contributed by atoms with Crippen molar-refractivity contribution in [3.05, 3.63) is 123 Å². The lowest BCUT2D eigenvalue weighted by Crippen LogP contribution is -2.50. The van der Waals surface area contributed by atoms with Crippen molar-refractivity contribution >= 4 is 34.8 Å². The number of piperazine rings is 1. The number of anilines is 1. The Bertz CT molecular complexity index is 2580. The maximum absolute atomic E-state index is 15.1. The lowest BCUT2D eigenvalue weighted by atomic mass is 9.57. The molecule has 3 heterocycles. The van der Waals surface area contributed by atoms with Gasteiger partial charge in [0.1, 0.15) is 18.0 Å². The topological polar surface area (TPSA) is 103 Å². The van der Waals surface area contributed by atoms with E-state index in [-0.39, 0.29) is 52.6 Å². The average molecular weight is 861 g/mol. The van der Waals surface area contributed by atoms with Crippen molar-refractivity contribution in [2.24, 2.45) is 16.8 Å². The molecule has 330 valence electrons. The molecule has 3 aliphatic heterocycles. The standard InChI is InChI=1S/C54H57FN4O5/c1-3-23-53-24-22-46-43-19-15-37-32-39(60)18-20-40(37)51(43)45(33-54(46,53)64-53)36-13-16-38(17-14-36)57(2)25-8-4-5-11-50(62)58-26-28-59(29-27-58)52(63)44-30-35(12-21-47(44)55)31-48-41-9-6-7-10-42(41)49(61)34-56-48/h6-7,9-10,12-14,16-17,21,30,32,43,45-46H,4-5,8,11,15,18-20,22,24-29,31,33-34H2,1-2H3/t43-,45+,46-,53-,54+/m0/s1. The number of carbonyl (C=O) groups is 4. The Morgan fingerprint density at radius 3 is 2.50 bits per heavy atom. The van der Waals surface area contributed by atoms with Crippen molar-refractivity contribution in [2.75, 3.05) is 51.2 Å². The molecule has 1 spiro atoms. The largest absolute Gasteiger partial charge is 0.375 e. The number of ketones is 2. The van der Waals surface area contributed by atoms with Gasteiger partial charge in [0.2, 0.25) is 5.91 Å². The van der Waals surface area contributed by atoms with E-state index in [0.29, 0.717) is 62.8 Å². The molecule has 3 aromatic rings. The SMILES string of the molecule is CC#C[C@]12CC[C@H]3[C@@H]4CCC5=CC(=O)CCC5=C4[C@@H](c4ccc(N(C)CCCCCC(=O)N5CCN(C(=O)c6cc(CC7=NCC(=O)c8ccccc87)ccc6F)CC5)cc4)C[C@@]31O2. The van der Waals surface area contributed by atoms with E-state index in [9.17, 15) is 19.2 Å². The average Bonchev–Trinajstić information content (AvgIpc) is 3.82. The molecule has 0 radical (unpaired) electrons. The summed E-state index contributed by atoms with van der Waals surface area (Å²) in [6.07, 6.45) is 12.2. The van der Waals surface area contributed by atoms with Crippen molar-refractivity contribution in [2.45, 2.75) is 101 Å². The van der Waals surface area contributed by atoms with Gasteiger partial charge >= 0.3 is 0 Å². The third-order valence-electron chi connectivity index (χ3n) is 15.5. The minimum atomic E-state index is -0.577. The lowest BCUT2D eigenvalue weighted by Gasteiger charge is -2.46. The molecule has 4 fully saturated rings. The van der Waals surface area contributed by atoms with Crippen LogP contribution in [0.1, 0.15) is 121 Å². The number of aliphatic imine (C=N–C) groups is 1. The van der Waals surface area contributed by atoms with Crippen molar-refractivity contribution in [1.29, 1.82) is 0 Å². The number of fused-ring (bicyclic) bond motifs is 4. The first-order valence-corrected chi connectivity index (χ1v) is 23.5. The number of unbranched alkanes of at least 4 members (excludes halogenated alkanes) is 2. The first-order valence-electron chi connectivity index (χ1n) is 23.5. The van der Waals surface area contributed by atoms with Gasteiger partial charge in [-0.15, -0.1) is 5.92 Å². The number of Topliss-reactive ketones (excluding diaryl/α,β-unsaturated/α-hetero) is 1. The minimum Gasteiger partial charge on any atom is -0.375 e. The second kappa shape index (κ2) is 17.0. The van der Waals surface area contributed by atoms with E-state index in [4.69, 9.17) is 4.74 Å². The Labute approximate surface area is 375 Å². The molecule has 2 saturated carbocycles. The summed E-state index contributed by atoms with van der Waals surface area (Å²) in [5.41, 5.74) is 9.28. The molecule has 0 bridgehead atoms. The summed E-state index contributed by atoms with van der Waals surface area (Å²) < 4.78 is 21.8. The minimum absolute atomic E-state index is 0.0121. The van der Waals surface area contributed by atoms with Crippen LogP contribution in [0, 0.1) is 29.5 Å². The maximum Gasteiger partial charge on any atom is 0.256 e. The predicted molar refractivity (Wildman–Crippen MR) is 245 cm³/mol. The van der Waals surface area contributed by atoms with Crippen molar-refractivity contribution in [3.8, 4) is 11.8 Å². The van der Waals surface area contributed by atoms with E-state index >= 15 is 4.39 Å². The molecule has 10 rings (SSSR count). The molecule has 2 amide bonds. The zero-order chi connectivity index (χ0) is 44.2. The number of carbonyl (C=O) groups excluding carboxylic acids is 4. The number of hydrogen-bond acceptors (Lipinski definition) is 7. The van der Waals surface area contributed by atoms with Crippen molar-refractivity contribution in [3.63, 3.8) is 0 Å². The van der Waals surface area contributed by atoms with E-state index in [2.05, 4.69) is 53.0 Å². The summed E-state index contributed by atoms with van der Waals surface area (Å²) in [5.74, 6) is 7.32. The fraction of sp³-hybridized carbons (Fsp3) is 0.463. The van der Waals surface area contributed by atoms with Crippen molar-refractivity contribution < 1.29 is 28.3 Å². The highest BCUT2D eigenvalue weighted by Crippen LogP contribution is 2.73. The third kappa shape index (κ3) is 7.53. The van der Waals surface area contributed by atoms with E-state index in [1.807, 2.05) is 36.1 Å². The molecule has 4 aliphatic carbocycles. The van der Waals surface area contributed by atoms with Crippen LogP contribution in [0.15, 0.2) is 94.5 Å². The molecule has 2 saturated heterocycles. The van der Waals surface area contributed by atoms with Gasteiger partial charge in [-0.05, 0) is 123 Å². The molecular weight excluding hydrogens is 804 g/mol. The van der Waals surface area contributed by atoms with Crippen LogP contribution in [0.4, 0.5) is 10.1 Å². The number of nitrogens with zero attached hydrogens (tertiary/aromatic N) is 4. The molecule has 7 aliphatic rings. The van der Waals surface area contributed by atoms with Gasteiger partial charge in [0.25, 0.3) is 5.91 Å². The second-order valence-electron chi connectivity index (χ2n) is 19.0. The van der Waals surface area contributed by atoms with Gasteiger partial charge in [-0.2, -0.15) is 0 Å². The highest BCUT2D eigenvalue weighted by Gasteiger charge is 2.79. The highest BCUT2D eigenvalue weighted by atomic mass is 19.1. The zero-order valence-electron chi connectivity index (χ0n) is 37.1. The number of halogens is 1. The number of benzene rings is 3. The van der Waals surface area contributed by atoms with Crippen LogP contribution >= 0.6 is 0 Å². The van der Waals surface area contributed by atoms with E-state index < -0.39 is 5.82 Å². The number of hydrogen-bond donors (Lipinski definition) is 0. The molecule has 64 heavy (non-hydrogen) atoms. The van der Waals surface area contributed by atoms with E-state index in [1.54, 1.807) is 28.7 Å². The summed E-state index contributed by atoms with van der Waals surface area (Å²) in [6.45, 7) is 4.44. The fourth-order valence-corrected chi connectivity index (χ4v) is 12.3. The Morgan fingerprint density at radius 2 is 1.70 bits per heavy atom. The summed E-state index contributed by atoms with van der Waals surface area (Å²) in [5, 5.41) is 0. The third-order valence-corrected chi connectivity index (χ3v) is 15.5. The van der Waals surface area contributed by atoms with Crippen molar-refractivity contribution in [1.82, 2.24) is 9.80 Å². The molecule has 0 aromatic heterocycles. The normalized spacial score (nSPS) is 26.6. The summed E-state index contributed by atoms with van der Waals surface area (Å²) in [7, 11) is 2.13. The van der Waals surface area contributed by atoms with Gasteiger partial charge in [0, 0.05) is 87.5 Å². The highest BCUT2D eigenvalue weighted by molar-refractivity contribution is 6.15. The molecule has 5 atom stereocenters. The smallest absolute Gasteiger partial charge is 0.256 e. The van der Waals surface area contributed by atoms with Crippen LogP contribution in [0.3, 0.4) is 0 Å². The molecule has 10 heteroatoms. The first kappa shape index (κ1) is 42.3. The monoisotopic (exact) mass is 860 g/mol. The Balaban J connectivity index is 0.699. The van der Waals surface area contributed by atoms with E-state index in [1.165, 1.54) is 34.9 Å². The number of epoxide rings is 1. The summed E-state index contributed by atoms with van der Waals surface area (Å²) in [6, 6.07) is 21.1. The quantitative estimate of drug-likeness (QED) is 0.109. The van der Waals surface area contributed by atoms with Crippen LogP contribution in [0.2, 0.25) is 0 Å². The summed E-state index contributed by atoms with van der Waals surface area (Å²) in [4.78, 5) is 61.8. The van der Waals surface area contributed by atoms with E-state index in [0.717, 1.165) is 74.7 Å². The van der Waals surface area contributed by atoms with Gasteiger partial charge in [-0.3, -0.25) is 24.2 Å². The fourth-order valence-electron chi connectivity index (χ4n) is 12.3. The van der Waals surface area contributed by atoms with Gasteiger partial charge in [0.05, 0.1) is 5.56 Å². The number of rotatable bonds is 11. The van der Waals surface area contributed by atoms with Gasteiger partial charge in [-0.1, -0.05) is 60.4 Å². The molecule has 3 aromatic carbocycles. The van der Waals surface area contributed by atoms with Gasteiger partial charge in [-0.25, -0.2) is 4.39 Å². The second-order valence-corrected chi connectivity index (χ2v) is 19.0. The maximum atomic E-state index is 15.1. The zero-order valence-corrected chi connectivity index (χ0v) is 37.1. The summed E-state index contributed by atoms with van der Waals surface area (Å²) >= 11 is 0. The first-order chi connectivity index (χ1) is 31.1. The van der Waals surface area contributed by atoms with Crippen LogP contribution in [0.5, 0.6) is 0 Å². The molecular formula is C54H57FN4O5. The van der Waals surface area contributed by atoms with Gasteiger partial charge < -0.3 is 19.4 Å². The number of amides is 2. The number of allylic oxidation sites excluding steroid dienone is 4. The Kier molecular flexibility index (Phi) is 11.3. The Hall–Kier alpha value is -5.66. The van der Waals surface area contributed by atoms with Crippen LogP contribution in [-0.4, -0.2) is 96.4 Å².